The van der Waals surface area contributed by atoms with Crippen molar-refractivity contribution < 1.29 is 31.2 Å². The highest BCUT2D eigenvalue weighted by Gasteiger charge is 2.32. The summed E-state index contributed by atoms with van der Waals surface area (Å²) in [7, 11) is -3.96. The van der Waals surface area contributed by atoms with E-state index >= 15 is 0 Å². The normalized spacial score (nSPS) is 12.4. The lowest BCUT2D eigenvalue weighted by atomic mass is 10.0. The quantitative estimate of drug-likeness (QED) is 0.182. The lowest BCUT2D eigenvalue weighted by molar-refractivity contribution is -0.141. The molecule has 2 amide bonds. The number of alkyl halides is 3. The van der Waals surface area contributed by atoms with Crippen LogP contribution in [0.25, 0.3) is 0 Å². The first kappa shape index (κ1) is 35.1. The average Bonchev–Trinajstić information content (AvgIpc) is 2.97. The highest BCUT2D eigenvalue weighted by molar-refractivity contribution is 9.10. The zero-order valence-corrected chi connectivity index (χ0v) is 27.1. The van der Waals surface area contributed by atoms with E-state index in [0.29, 0.717) is 6.54 Å². The second-order valence-electron chi connectivity index (χ2n) is 10.5. The molecule has 3 aromatic carbocycles. The largest absolute Gasteiger partial charge is 0.416 e. The van der Waals surface area contributed by atoms with Crippen LogP contribution in [-0.2, 0) is 38.8 Å². The summed E-state index contributed by atoms with van der Waals surface area (Å²) in [5.41, 5.74) is 0.546. The molecule has 12 heteroatoms. The summed E-state index contributed by atoms with van der Waals surface area (Å²) in [6.45, 7) is 2.38. The number of sulfonamides is 1. The Morgan fingerprint density at radius 3 is 2.23 bits per heavy atom. The molecule has 0 bridgehead atoms. The van der Waals surface area contributed by atoms with E-state index in [9.17, 15) is 31.2 Å². The van der Waals surface area contributed by atoms with Crippen LogP contribution in [0.3, 0.4) is 0 Å². The Kier molecular flexibility index (Phi) is 12.8. The Morgan fingerprint density at radius 2 is 1.61 bits per heavy atom. The molecule has 7 nitrogen and oxygen atoms in total. The number of benzene rings is 3. The van der Waals surface area contributed by atoms with Crippen LogP contribution >= 0.6 is 15.9 Å². The van der Waals surface area contributed by atoms with Crippen molar-refractivity contribution in [3.8, 4) is 0 Å². The molecule has 238 valence electrons. The summed E-state index contributed by atoms with van der Waals surface area (Å²) in [6.07, 6.45) is -1.92. The number of hydrogen-bond donors (Lipinski definition) is 1. The van der Waals surface area contributed by atoms with Gasteiger partial charge in [-0.25, -0.2) is 8.42 Å². The van der Waals surface area contributed by atoms with Gasteiger partial charge in [0.1, 0.15) is 6.04 Å². The second-order valence-corrected chi connectivity index (χ2v) is 13.3. The predicted octanol–water partition coefficient (Wildman–Crippen LogP) is 6.57. The van der Waals surface area contributed by atoms with E-state index in [4.69, 9.17) is 0 Å². The first-order valence-electron chi connectivity index (χ1n) is 14.3. The number of nitrogens with one attached hydrogen (secondary N) is 1. The lowest BCUT2D eigenvalue weighted by Crippen LogP contribution is -2.50. The Labute approximate surface area is 265 Å². The first-order chi connectivity index (χ1) is 20.8. The number of carbonyl (C=O) groups is 2. The van der Waals surface area contributed by atoms with Crippen molar-refractivity contribution in [2.45, 2.75) is 57.8 Å². The van der Waals surface area contributed by atoms with Crippen molar-refractivity contribution in [2.24, 2.45) is 0 Å². The van der Waals surface area contributed by atoms with Crippen molar-refractivity contribution in [3.63, 3.8) is 0 Å². The fraction of sp³-hybridized carbons (Fsp3) is 0.375. The molecule has 0 aromatic heterocycles. The highest BCUT2D eigenvalue weighted by Crippen LogP contribution is 2.32. The van der Waals surface area contributed by atoms with Crippen molar-refractivity contribution >= 4 is 43.5 Å². The number of halogens is 4. The molecule has 0 aliphatic carbocycles. The summed E-state index contributed by atoms with van der Waals surface area (Å²) < 4.78 is 66.9. The third-order valence-electron chi connectivity index (χ3n) is 6.98. The summed E-state index contributed by atoms with van der Waals surface area (Å²) in [6, 6.07) is 19.9. The van der Waals surface area contributed by atoms with E-state index in [-0.39, 0.29) is 49.9 Å². The number of nitrogens with zero attached hydrogens (tertiary/aromatic N) is 2. The van der Waals surface area contributed by atoms with Crippen LogP contribution < -0.4 is 9.62 Å². The molecule has 1 atom stereocenters. The molecule has 0 spiro atoms. The van der Waals surface area contributed by atoms with E-state index in [1.165, 1.54) is 11.0 Å². The van der Waals surface area contributed by atoms with Crippen LogP contribution in [0, 0.1) is 0 Å². The Hall–Kier alpha value is -3.38. The van der Waals surface area contributed by atoms with Gasteiger partial charge in [0.05, 0.1) is 17.5 Å². The SMILES string of the molecule is CCCCNC(=O)[C@@H](Cc1ccccc1)N(Cc1ccc(Br)cc1)C(=O)CCCN(c1cccc(C(F)(F)F)c1)S(C)(=O)=O. The third-order valence-corrected chi connectivity index (χ3v) is 8.70. The molecular formula is C32H37BrF3N3O4S. The molecule has 0 unspecified atom stereocenters. The number of rotatable bonds is 15. The van der Waals surface area contributed by atoms with Crippen molar-refractivity contribution in [1.29, 1.82) is 0 Å². The molecule has 3 aromatic rings. The van der Waals surface area contributed by atoms with Gasteiger partial charge in [0.2, 0.25) is 21.8 Å². The first-order valence-corrected chi connectivity index (χ1v) is 16.9. The van der Waals surface area contributed by atoms with Crippen molar-refractivity contribution in [3.05, 3.63) is 100 Å². The highest BCUT2D eigenvalue weighted by atomic mass is 79.9. The molecule has 0 fully saturated rings. The topological polar surface area (TPSA) is 86.8 Å². The van der Waals surface area contributed by atoms with Crippen LogP contribution in [0.4, 0.5) is 18.9 Å². The van der Waals surface area contributed by atoms with Gasteiger partial charge >= 0.3 is 6.18 Å². The van der Waals surface area contributed by atoms with E-state index in [1.807, 2.05) is 61.5 Å². The molecule has 0 saturated heterocycles. The smallest absolute Gasteiger partial charge is 0.354 e. The number of unbranched alkanes of at least 4 members (excludes halogenated alkanes) is 1. The van der Waals surface area contributed by atoms with Gasteiger partial charge in [0, 0.05) is 36.9 Å². The maximum absolute atomic E-state index is 13.9. The van der Waals surface area contributed by atoms with Gasteiger partial charge in [-0.15, -0.1) is 0 Å². The fourth-order valence-corrected chi connectivity index (χ4v) is 5.91. The molecule has 0 heterocycles. The number of anilines is 1. The summed E-state index contributed by atoms with van der Waals surface area (Å²) in [5, 5.41) is 2.95. The number of carbonyl (C=O) groups excluding carboxylic acids is 2. The Bertz CT molecular complexity index is 1490. The van der Waals surface area contributed by atoms with Gasteiger partial charge in [-0.3, -0.25) is 13.9 Å². The Morgan fingerprint density at radius 1 is 0.932 bits per heavy atom. The molecule has 0 radical (unpaired) electrons. The maximum Gasteiger partial charge on any atom is 0.416 e. The predicted molar refractivity (Wildman–Crippen MR) is 169 cm³/mol. The second kappa shape index (κ2) is 16.1. The molecule has 44 heavy (non-hydrogen) atoms. The zero-order valence-electron chi connectivity index (χ0n) is 24.7. The minimum Gasteiger partial charge on any atom is -0.354 e. The molecule has 0 saturated carbocycles. The van der Waals surface area contributed by atoms with Crippen LogP contribution in [-0.4, -0.2) is 50.5 Å². The van der Waals surface area contributed by atoms with Gasteiger partial charge in [-0.1, -0.05) is 77.8 Å². The minimum absolute atomic E-state index is 0.0223. The fourth-order valence-electron chi connectivity index (χ4n) is 4.69. The van der Waals surface area contributed by atoms with Crippen LogP contribution in [0.1, 0.15) is 49.3 Å². The molecule has 3 rings (SSSR count). The van der Waals surface area contributed by atoms with Gasteiger partial charge in [-0.2, -0.15) is 13.2 Å². The zero-order chi connectivity index (χ0) is 32.3. The van der Waals surface area contributed by atoms with Crippen LogP contribution in [0.2, 0.25) is 0 Å². The van der Waals surface area contributed by atoms with E-state index in [1.54, 1.807) is 0 Å². The Balaban J connectivity index is 1.88. The van der Waals surface area contributed by atoms with Crippen LogP contribution in [0.5, 0.6) is 0 Å². The van der Waals surface area contributed by atoms with Gasteiger partial charge in [-0.05, 0) is 54.3 Å². The maximum atomic E-state index is 13.9. The van der Waals surface area contributed by atoms with Crippen molar-refractivity contribution in [1.82, 2.24) is 10.2 Å². The summed E-state index contributed by atoms with van der Waals surface area (Å²) in [5.74, 6) is -0.675. The molecule has 0 aliphatic rings. The van der Waals surface area contributed by atoms with Gasteiger partial charge in [0.15, 0.2) is 0 Å². The average molecular weight is 697 g/mol. The molecule has 1 N–H and O–H groups in total. The van der Waals surface area contributed by atoms with E-state index < -0.39 is 27.8 Å². The summed E-state index contributed by atoms with van der Waals surface area (Å²) in [4.78, 5) is 28.9. The van der Waals surface area contributed by atoms with Crippen molar-refractivity contribution in [2.75, 3.05) is 23.7 Å². The van der Waals surface area contributed by atoms with E-state index in [0.717, 1.165) is 57.2 Å². The van der Waals surface area contributed by atoms with Gasteiger partial charge < -0.3 is 10.2 Å². The lowest BCUT2D eigenvalue weighted by Gasteiger charge is -2.32. The summed E-state index contributed by atoms with van der Waals surface area (Å²) >= 11 is 3.41. The number of hydrogen-bond acceptors (Lipinski definition) is 4. The molecular weight excluding hydrogens is 659 g/mol. The monoisotopic (exact) mass is 695 g/mol. The van der Waals surface area contributed by atoms with Gasteiger partial charge in [0.25, 0.3) is 0 Å². The van der Waals surface area contributed by atoms with E-state index in [2.05, 4.69) is 21.2 Å². The molecule has 0 aliphatic heterocycles. The third kappa shape index (κ3) is 10.7. The van der Waals surface area contributed by atoms with Crippen LogP contribution in [0.15, 0.2) is 83.3 Å². The standard InChI is InChI=1S/C32H37BrF3N3O4S/c1-3-4-19-37-31(41)29(21-24-10-6-5-7-11-24)38(23-25-15-17-27(33)18-16-25)30(40)14-9-20-39(44(2,42)43)28-13-8-12-26(22-28)32(34,35)36/h5-8,10-13,15-18,22,29H,3-4,9,14,19-21,23H2,1-2H3,(H,37,41)/t29-/m1/s1. The minimum atomic E-state index is -4.64. The number of amides is 2.